The Bertz CT molecular complexity index is 1020. The average Bonchev–Trinajstić information content (AvgIpc) is 2.95. The van der Waals surface area contributed by atoms with Gasteiger partial charge in [-0.1, -0.05) is 18.2 Å². The molecule has 0 aliphatic rings. The standard InChI is InChI=1S/C21H20F3N3O/c1-13-7-8-17(9-14(13)2)20(28)25-19-10-15(3)27(26-19)12-16-5-4-6-18(11-16)21(22,23)24/h4-11H,12H2,1-3H3,(H,25,26,28). The summed E-state index contributed by atoms with van der Waals surface area (Å²) in [6.07, 6.45) is -4.39. The van der Waals surface area contributed by atoms with E-state index < -0.39 is 11.7 Å². The Morgan fingerprint density at radius 1 is 1.04 bits per heavy atom. The molecule has 1 heterocycles. The van der Waals surface area contributed by atoms with Crippen molar-refractivity contribution in [3.63, 3.8) is 0 Å². The zero-order chi connectivity index (χ0) is 20.5. The lowest BCUT2D eigenvalue weighted by Gasteiger charge is -2.09. The summed E-state index contributed by atoms with van der Waals surface area (Å²) in [6.45, 7) is 5.86. The quantitative estimate of drug-likeness (QED) is 0.675. The summed E-state index contributed by atoms with van der Waals surface area (Å²) in [4.78, 5) is 12.4. The Morgan fingerprint density at radius 3 is 2.46 bits per heavy atom. The second-order valence-corrected chi connectivity index (χ2v) is 6.78. The van der Waals surface area contributed by atoms with Gasteiger partial charge in [-0.15, -0.1) is 0 Å². The minimum Gasteiger partial charge on any atom is -0.305 e. The molecule has 0 bridgehead atoms. The maximum Gasteiger partial charge on any atom is 0.416 e. The van der Waals surface area contributed by atoms with Crippen LogP contribution < -0.4 is 5.32 Å². The molecule has 0 saturated heterocycles. The molecule has 146 valence electrons. The topological polar surface area (TPSA) is 46.9 Å². The molecule has 1 aromatic heterocycles. The maximum absolute atomic E-state index is 12.9. The zero-order valence-electron chi connectivity index (χ0n) is 15.8. The van der Waals surface area contributed by atoms with Gasteiger partial charge in [0, 0.05) is 17.3 Å². The van der Waals surface area contributed by atoms with E-state index in [4.69, 9.17) is 0 Å². The molecular weight excluding hydrogens is 367 g/mol. The second-order valence-electron chi connectivity index (χ2n) is 6.78. The van der Waals surface area contributed by atoms with Crippen molar-refractivity contribution in [2.45, 2.75) is 33.5 Å². The number of aryl methyl sites for hydroxylation is 3. The number of halogens is 3. The zero-order valence-corrected chi connectivity index (χ0v) is 15.8. The van der Waals surface area contributed by atoms with E-state index in [1.165, 1.54) is 6.07 Å². The van der Waals surface area contributed by atoms with E-state index in [-0.39, 0.29) is 12.5 Å². The Labute approximate surface area is 161 Å². The fourth-order valence-corrected chi connectivity index (χ4v) is 2.82. The van der Waals surface area contributed by atoms with Gasteiger partial charge in [0.2, 0.25) is 0 Å². The number of hydrogen-bond acceptors (Lipinski definition) is 2. The first-order valence-corrected chi connectivity index (χ1v) is 8.72. The molecule has 0 spiro atoms. The molecule has 3 rings (SSSR count). The Morgan fingerprint density at radius 2 is 1.79 bits per heavy atom. The molecule has 0 aliphatic carbocycles. The largest absolute Gasteiger partial charge is 0.416 e. The van der Waals surface area contributed by atoms with Crippen LogP contribution in [-0.4, -0.2) is 15.7 Å². The van der Waals surface area contributed by atoms with Crippen LogP contribution in [0.2, 0.25) is 0 Å². The lowest BCUT2D eigenvalue weighted by Crippen LogP contribution is -2.13. The molecule has 28 heavy (non-hydrogen) atoms. The average molecular weight is 387 g/mol. The first kappa shape index (κ1) is 19.7. The van der Waals surface area contributed by atoms with Crippen molar-refractivity contribution < 1.29 is 18.0 Å². The van der Waals surface area contributed by atoms with Gasteiger partial charge >= 0.3 is 6.18 Å². The molecule has 0 fully saturated rings. The number of nitrogens with zero attached hydrogens (tertiary/aromatic N) is 2. The fourth-order valence-electron chi connectivity index (χ4n) is 2.82. The van der Waals surface area contributed by atoms with Gasteiger partial charge in [-0.2, -0.15) is 18.3 Å². The highest BCUT2D eigenvalue weighted by Crippen LogP contribution is 2.29. The van der Waals surface area contributed by atoms with Crippen LogP contribution in [0, 0.1) is 20.8 Å². The van der Waals surface area contributed by atoms with Gasteiger partial charge in [-0.3, -0.25) is 9.48 Å². The molecule has 3 aromatic rings. The van der Waals surface area contributed by atoms with Gasteiger partial charge in [0.15, 0.2) is 5.82 Å². The fraction of sp³-hybridized carbons (Fsp3) is 0.238. The van der Waals surface area contributed by atoms with E-state index in [1.54, 1.807) is 35.9 Å². The molecule has 7 heteroatoms. The van der Waals surface area contributed by atoms with Gasteiger partial charge in [0.05, 0.1) is 12.1 Å². The predicted molar refractivity (Wildman–Crippen MR) is 101 cm³/mol. The first-order valence-electron chi connectivity index (χ1n) is 8.72. The summed E-state index contributed by atoms with van der Waals surface area (Å²) in [5.74, 6) is 0.0690. The monoisotopic (exact) mass is 387 g/mol. The van der Waals surface area contributed by atoms with E-state index in [2.05, 4.69) is 10.4 Å². The number of alkyl halides is 3. The Hall–Kier alpha value is -3.09. The van der Waals surface area contributed by atoms with Crippen LogP contribution in [0.3, 0.4) is 0 Å². The van der Waals surface area contributed by atoms with Gasteiger partial charge in [0.25, 0.3) is 5.91 Å². The summed E-state index contributed by atoms with van der Waals surface area (Å²) in [7, 11) is 0. The molecule has 0 radical (unpaired) electrons. The number of aromatic nitrogens is 2. The van der Waals surface area contributed by atoms with Gasteiger partial charge in [-0.25, -0.2) is 0 Å². The van der Waals surface area contributed by atoms with E-state index >= 15 is 0 Å². The van der Waals surface area contributed by atoms with Crippen LogP contribution in [0.15, 0.2) is 48.5 Å². The van der Waals surface area contributed by atoms with Crippen molar-refractivity contribution in [2.75, 3.05) is 5.32 Å². The molecule has 2 aromatic carbocycles. The van der Waals surface area contributed by atoms with Crippen LogP contribution in [0.4, 0.5) is 19.0 Å². The summed E-state index contributed by atoms with van der Waals surface area (Å²) >= 11 is 0. The molecule has 0 saturated carbocycles. The van der Waals surface area contributed by atoms with Gasteiger partial charge in [-0.05, 0) is 61.7 Å². The summed E-state index contributed by atoms with van der Waals surface area (Å²) in [6, 6.07) is 12.2. The second kappa shape index (κ2) is 7.50. The molecular formula is C21H20F3N3O. The molecule has 0 atom stereocenters. The number of amides is 1. The van der Waals surface area contributed by atoms with Crippen molar-refractivity contribution in [3.05, 3.63) is 82.0 Å². The third-order valence-electron chi connectivity index (χ3n) is 4.58. The smallest absolute Gasteiger partial charge is 0.305 e. The normalized spacial score (nSPS) is 11.5. The van der Waals surface area contributed by atoms with E-state index in [0.717, 1.165) is 29.0 Å². The van der Waals surface area contributed by atoms with Crippen LogP contribution in [-0.2, 0) is 12.7 Å². The SMILES string of the molecule is Cc1ccc(C(=O)Nc2cc(C)n(Cc3cccc(C(F)(F)F)c3)n2)cc1C. The van der Waals surface area contributed by atoms with Crippen molar-refractivity contribution in [1.82, 2.24) is 9.78 Å². The molecule has 1 N–H and O–H groups in total. The number of benzene rings is 2. The number of carbonyl (C=O) groups is 1. The number of anilines is 1. The number of hydrogen-bond donors (Lipinski definition) is 1. The molecule has 0 aliphatic heterocycles. The summed E-state index contributed by atoms with van der Waals surface area (Å²) < 4.78 is 40.2. The minimum absolute atomic E-state index is 0.176. The molecule has 0 unspecified atom stereocenters. The van der Waals surface area contributed by atoms with Crippen LogP contribution >= 0.6 is 0 Å². The van der Waals surface area contributed by atoms with Crippen LogP contribution in [0.5, 0.6) is 0 Å². The van der Waals surface area contributed by atoms with Gasteiger partial charge < -0.3 is 5.32 Å². The Kier molecular flexibility index (Phi) is 5.27. The third-order valence-corrected chi connectivity index (χ3v) is 4.58. The highest BCUT2D eigenvalue weighted by atomic mass is 19.4. The predicted octanol–water partition coefficient (Wildman–Crippen LogP) is 5.13. The molecule has 1 amide bonds. The van der Waals surface area contributed by atoms with Crippen molar-refractivity contribution in [1.29, 1.82) is 0 Å². The number of rotatable bonds is 4. The minimum atomic E-state index is -4.39. The highest BCUT2D eigenvalue weighted by molar-refractivity contribution is 6.03. The number of carbonyl (C=O) groups excluding carboxylic acids is 1. The highest BCUT2D eigenvalue weighted by Gasteiger charge is 2.30. The number of nitrogens with one attached hydrogen (secondary N) is 1. The van der Waals surface area contributed by atoms with Crippen LogP contribution in [0.1, 0.15) is 38.3 Å². The van der Waals surface area contributed by atoms with Gasteiger partial charge in [0.1, 0.15) is 0 Å². The van der Waals surface area contributed by atoms with E-state index in [9.17, 15) is 18.0 Å². The molecule has 4 nitrogen and oxygen atoms in total. The van der Waals surface area contributed by atoms with Crippen molar-refractivity contribution >= 4 is 11.7 Å². The Balaban J connectivity index is 1.76. The van der Waals surface area contributed by atoms with Crippen LogP contribution in [0.25, 0.3) is 0 Å². The first-order chi connectivity index (χ1) is 13.1. The third kappa shape index (κ3) is 4.42. The lowest BCUT2D eigenvalue weighted by molar-refractivity contribution is -0.137. The maximum atomic E-state index is 12.9. The lowest BCUT2D eigenvalue weighted by atomic mass is 10.1. The van der Waals surface area contributed by atoms with E-state index in [1.807, 2.05) is 19.9 Å². The van der Waals surface area contributed by atoms with Crippen molar-refractivity contribution in [3.8, 4) is 0 Å². The summed E-state index contributed by atoms with van der Waals surface area (Å²) in [5, 5.41) is 7.04. The summed E-state index contributed by atoms with van der Waals surface area (Å²) in [5.41, 5.74) is 3.14. The van der Waals surface area contributed by atoms with E-state index in [0.29, 0.717) is 16.9 Å². The van der Waals surface area contributed by atoms with Crippen molar-refractivity contribution in [2.24, 2.45) is 0 Å².